The van der Waals surface area contributed by atoms with E-state index in [9.17, 15) is 24.9 Å². The van der Waals surface area contributed by atoms with Gasteiger partial charge in [0.05, 0.1) is 23.0 Å². The lowest BCUT2D eigenvalue weighted by molar-refractivity contribution is -0.172. The zero-order valence-corrected chi connectivity index (χ0v) is 14.8. The third-order valence-corrected chi connectivity index (χ3v) is 8.06. The number of hydrogen-bond acceptors (Lipinski definition) is 4. The van der Waals surface area contributed by atoms with Crippen molar-refractivity contribution in [1.82, 2.24) is 0 Å². The first-order valence-electron chi connectivity index (χ1n) is 9.15. The highest BCUT2D eigenvalue weighted by Crippen LogP contribution is 2.69. The van der Waals surface area contributed by atoms with Crippen molar-refractivity contribution in [2.75, 3.05) is 0 Å². The molecule has 0 aromatic rings. The number of carbonyl (C=O) groups excluding carboxylic acids is 1. The Labute approximate surface area is 147 Å². The molecule has 3 N–H and O–H groups in total. The maximum Gasteiger partial charge on any atom is 0.309 e. The van der Waals surface area contributed by atoms with E-state index in [1.54, 1.807) is 13.0 Å². The lowest BCUT2D eigenvalue weighted by Crippen LogP contribution is -2.61. The summed E-state index contributed by atoms with van der Waals surface area (Å²) in [5.74, 6) is -1.37. The summed E-state index contributed by atoms with van der Waals surface area (Å²) in [4.78, 5) is 25.1. The van der Waals surface area contributed by atoms with Gasteiger partial charge >= 0.3 is 5.97 Å². The van der Waals surface area contributed by atoms with Crippen molar-refractivity contribution in [3.05, 3.63) is 23.8 Å². The summed E-state index contributed by atoms with van der Waals surface area (Å²) in [5, 5.41) is 31.4. The van der Waals surface area contributed by atoms with Gasteiger partial charge in [-0.25, -0.2) is 0 Å². The largest absolute Gasteiger partial charge is 0.481 e. The van der Waals surface area contributed by atoms with Gasteiger partial charge in [0.2, 0.25) is 0 Å². The van der Waals surface area contributed by atoms with Crippen molar-refractivity contribution in [1.29, 1.82) is 0 Å². The molecule has 25 heavy (non-hydrogen) atoms. The second-order valence-corrected chi connectivity index (χ2v) is 8.97. The fourth-order valence-electron chi connectivity index (χ4n) is 6.55. The average molecular weight is 346 g/mol. The van der Waals surface area contributed by atoms with Gasteiger partial charge in [-0.3, -0.25) is 9.59 Å². The highest BCUT2D eigenvalue weighted by molar-refractivity contribution is 6.05. The number of hydrogen-bond donors (Lipinski definition) is 3. The van der Waals surface area contributed by atoms with Crippen LogP contribution in [-0.4, -0.2) is 39.3 Å². The number of carboxylic acids is 1. The number of ketones is 1. The van der Waals surface area contributed by atoms with Crippen LogP contribution in [0.25, 0.3) is 0 Å². The lowest BCUT2D eigenvalue weighted by Gasteiger charge is -2.61. The molecule has 136 valence electrons. The topological polar surface area (TPSA) is 94.8 Å². The van der Waals surface area contributed by atoms with Crippen molar-refractivity contribution in [2.45, 2.75) is 58.2 Å². The third-order valence-electron chi connectivity index (χ3n) is 8.06. The standard InChI is InChI=1S/C20H26O5/c1-10-11-9-20(16(10)23)7-4-13-18(2,17(24)25)6-5-15(22)19(13,3)14(20)8-12(11)21/h8,11-13,15,21-22H,1,4-7,9H2,2-3H3,(H,24,25)/t11-,12-,13-,15+,18-,19-,20-/m0/s1. The van der Waals surface area contributed by atoms with Crippen LogP contribution in [0.15, 0.2) is 23.8 Å². The molecule has 0 aromatic heterocycles. The van der Waals surface area contributed by atoms with Crippen LogP contribution in [0.3, 0.4) is 0 Å². The molecule has 0 aliphatic heterocycles. The molecule has 3 saturated carbocycles. The molecular formula is C20H26O5. The van der Waals surface area contributed by atoms with Gasteiger partial charge in [-0.1, -0.05) is 19.6 Å². The molecule has 0 radical (unpaired) electrons. The summed E-state index contributed by atoms with van der Waals surface area (Å²) in [7, 11) is 0. The van der Waals surface area contributed by atoms with Gasteiger partial charge < -0.3 is 15.3 Å². The molecule has 0 saturated heterocycles. The van der Waals surface area contributed by atoms with Gasteiger partial charge in [-0.05, 0) is 56.1 Å². The summed E-state index contributed by atoms with van der Waals surface area (Å²) in [6, 6.07) is 0. The number of rotatable bonds is 1. The fraction of sp³-hybridized carbons (Fsp3) is 0.700. The molecule has 5 heteroatoms. The van der Waals surface area contributed by atoms with Crippen LogP contribution in [0.1, 0.15) is 46.0 Å². The Morgan fingerprint density at radius 2 is 1.92 bits per heavy atom. The number of aliphatic carboxylic acids is 1. The quantitative estimate of drug-likeness (QED) is 0.499. The van der Waals surface area contributed by atoms with Crippen LogP contribution in [0.2, 0.25) is 0 Å². The second-order valence-electron chi connectivity index (χ2n) is 8.97. The lowest BCUT2D eigenvalue weighted by atomic mass is 9.43. The van der Waals surface area contributed by atoms with E-state index >= 15 is 0 Å². The number of Topliss-reactive ketones (excluding diaryl/α,β-unsaturated/α-hetero) is 1. The Balaban J connectivity index is 1.91. The normalized spacial score (nSPS) is 51.6. The molecule has 3 fully saturated rings. The minimum Gasteiger partial charge on any atom is -0.481 e. The Bertz CT molecular complexity index is 724. The van der Waals surface area contributed by atoms with Crippen LogP contribution >= 0.6 is 0 Å². The molecule has 0 aromatic carbocycles. The number of aliphatic hydroxyl groups excluding tert-OH is 2. The van der Waals surface area contributed by atoms with Gasteiger partial charge in [0.25, 0.3) is 0 Å². The van der Waals surface area contributed by atoms with Crippen LogP contribution in [0.5, 0.6) is 0 Å². The smallest absolute Gasteiger partial charge is 0.309 e. The van der Waals surface area contributed by atoms with Gasteiger partial charge in [-0.2, -0.15) is 0 Å². The highest BCUT2D eigenvalue weighted by Gasteiger charge is 2.68. The van der Waals surface area contributed by atoms with Gasteiger partial charge in [0.15, 0.2) is 5.78 Å². The Morgan fingerprint density at radius 1 is 1.24 bits per heavy atom. The first-order valence-corrected chi connectivity index (χ1v) is 9.15. The molecule has 4 aliphatic rings. The van der Waals surface area contributed by atoms with E-state index in [0.717, 1.165) is 5.57 Å². The van der Waals surface area contributed by atoms with Crippen molar-refractivity contribution in [3.63, 3.8) is 0 Å². The number of carboxylic acid groups (broad SMARTS) is 1. The average Bonchev–Trinajstić information content (AvgIpc) is 2.77. The summed E-state index contributed by atoms with van der Waals surface area (Å²) in [6.07, 6.45) is 2.77. The van der Waals surface area contributed by atoms with Crippen LogP contribution in [0, 0.1) is 28.1 Å². The minimum atomic E-state index is -0.934. The molecule has 2 bridgehead atoms. The van der Waals surface area contributed by atoms with Crippen molar-refractivity contribution < 1.29 is 24.9 Å². The van der Waals surface area contributed by atoms with E-state index in [-0.39, 0.29) is 17.6 Å². The summed E-state index contributed by atoms with van der Waals surface area (Å²) in [5.41, 5.74) is -1.20. The maximum absolute atomic E-state index is 13.1. The first kappa shape index (κ1) is 17.0. The molecule has 4 rings (SSSR count). The first-order chi connectivity index (χ1) is 11.6. The van der Waals surface area contributed by atoms with E-state index < -0.39 is 34.4 Å². The Kier molecular flexibility index (Phi) is 3.28. The Hall–Kier alpha value is -1.46. The van der Waals surface area contributed by atoms with Gasteiger partial charge in [0, 0.05) is 11.3 Å². The van der Waals surface area contributed by atoms with E-state index in [0.29, 0.717) is 37.7 Å². The molecular weight excluding hydrogens is 320 g/mol. The predicted molar refractivity (Wildman–Crippen MR) is 90.6 cm³/mol. The second kappa shape index (κ2) is 4.83. The van der Waals surface area contributed by atoms with Crippen molar-refractivity contribution in [3.8, 4) is 0 Å². The summed E-state index contributed by atoms with van der Waals surface area (Å²) >= 11 is 0. The molecule has 5 nitrogen and oxygen atoms in total. The highest BCUT2D eigenvalue weighted by atomic mass is 16.4. The summed E-state index contributed by atoms with van der Waals surface area (Å²) in [6.45, 7) is 7.58. The molecule has 0 amide bonds. The van der Waals surface area contributed by atoms with Crippen LogP contribution in [-0.2, 0) is 9.59 Å². The molecule has 0 heterocycles. The zero-order valence-electron chi connectivity index (χ0n) is 14.8. The SMILES string of the molecule is C=C1C(=O)[C@]23CC[C@@H]4[C@@](C)(C2=C[C@H](O)[C@H]1C3)[C@H](O)CC[C@]4(C)C(=O)O. The molecule has 7 atom stereocenters. The number of fused-ring (bicyclic) bond motifs is 3. The monoisotopic (exact) mass is 346 g/mol. The predicted octanol–water partition coefficient (Wildman–Crippen LogP) is 2.08. The van der Waals surface area contributed by atoms with E-state index in [2.05, 4.69) is 6.58 Å². The Morgan fingerprint density at radius 3 is 2.56 bits per heavy atom. The maximum atomic E-state index is 13.1. The van der Waals surface area contributed by atoms with E-state index in [4.69, 9.17) is 0 Å². The number of carbonyl (C=O) groups is 2. The third kappa shape index (κ3) is 1.76. The van der Waals surface area contributed by atoms with Crippen LogP contribution in [0.4, 0.5) is 0 Å². The molecule has 0 unspecified atom stereocenters. The molecule has 4 aliphatic carbocycles. The van der Waals surface area contributed by atoms with E-state index in [1.807, 2.05) is 6.92 Å². The van der Waals surface area contributed by atoms with Gasteiger partial charge in [0.1, 0.15) is 0 Å². The van der Waals surface area contributed by atoms with Crippen molar-refractivity contribution in [2.24, 2.45) is 28.1 Å². The zero-order chi connectivity index (χ0) is 18.4. The van der Waals surface area contributed by atoms with Crippen molar-refractivity contribution >= 4 is 11.8 Å². The molecule has 1 spiro atoms. The van der Waals surface area contributed by atoms with Crippen LogP contribution < -0.4 is 0 Å². The van der Waals surface area contributed by atoms with E-state index in [1.165, 1.54) is 0 Å². The summed E-state index contributed by atoms with van der Waals surface area (Å²) < 4.78 is 0. The fourth-order valence-corrected chi connectivity index (χ4v) is 6.55. The minimum absolute atomic E-state index is 0.0187. The number of aliphatic hydroxyl groups is 2. The van der Waals surface area contributed by atoms with Gasteiger partial charge in [-0.15, -0.1) is 0 Å².